The topological polar surface area (TPSA) is 81.5 Å². The lowest BCUT2D eigenvalue weighted by molar-refractivity contribution is -0.151. The van der Waals surface area contributed by atoms with Gasteiger partial charge in [0.15, 0.2) is 5.16 Å². The molecular weight excluding hydrogens is 386 g/mol. The Morgan fingerprint density at radius 2 is 2.11 bits per heavy atom. The molecular formula is C18H23N3O4S2. The molecule has 0 radical (unpaired) electrons. The van der Waals surface area contributed by atoms with Crippen molar-refractivity contribution < 1.29 is 14.3 Å². The van der Waals surface area contributed by atoms with Crippen molar-refractivity contribution in [2.24, 2.45) is 13.0 Å². The normalized spacial score (nSPS) is 16.5. The molecule has 1 aliphatic heterocycles. The summed E-state index contributed by atoms with van der Waals surface area (Å²) in [7, 11) is 1.68. The number of piperidine rings is 1. The molecule has 2 aromatic rings. The van der Waals surface area contributed by atoms with Gasteiger partial charge in [-0.3, -0.25) is 19.0 Å². The standard InChI is InChI=1S/C18H23N3O4S2/c1-4-25-17(24)12-5-8-21(9-6-12)15(22)11(2)27-18-19-13-7-10-26-14(13)16(23)20(18)3/h7,10-12H,4-6,8-9H2,1-3H3. The van der Waals surface area contributed by atoms with Gasteiger partial charge in [-0.15, -0.1) is 11.3 Å². The smallest absolute Gasteiger partial charge is 0.309 e. The number of thioether (sulfide) groups is 1. The molecule has 146 valence electrons. The van der Waals surface area contributed by atoms with Crippen LogP contribution in [0.25, 0.3) is 10.2 Å². The summed E-state index contributed by atoms with van der Waals surface area (Å²) in [6, 6.07) is 1.82. The van der Waals surface area contributed by atoms with Gasteiger partial charge in [-0.05, 0) is 38.1 Å². The zero-order chi connectivity index (χ0) is 19.6. The molecule has 1 aliphatic rings. The predicted molar refractivity (Wildman–Crippen MR) is 106 cm³/mol. The first-order chi connectivity index (χ1) is 12.9. The largest absolute Gasteiger partial charge is 0.466 e. The van der Waals surface area contributed by atoms with Gasteiger partial charge >= 0.3 is 5.97 Å². The summed E-state index contributed by atoms with van der Waals surface area (Å²) in [4.78, 5) is 43.3. The number of hydrogen-bond donors (Lipinski definition) is 0. The van der Waals surface area contributed by atoms with E-state index in [0.717, 1.165) is 0 Å². The van der Waals surface area contributed by atoms with Crippen molar-refractivity contribution >= 4 is 45.2 Å². The van der Waals surface area contributed by atoms with Crippen LogP contribution >= 0.6 is 23.1 Å². The van der Waals surface area contributed by atoms with E-state index >= 15 is 0 Å². The van der Waals surface area contributed by atoms with Crippen LogP contribution in [0.3, 0.4) is 0 Å². The van der Waals surface area contributed by atoms with Gasteiger partial charge in [-0.2, -0.15) is 0 Å². The number of amides is 1. The van der Waals surface area contributed by atoms with Gasteiger partial charge in [-0.1, -0.05) is 11.8 Å². The van der Waals surface area contributed by atoms with Crippen molar-refractivity contribution in [3.05, 3.63) is 21.8 Å². The Morgan fingerprint density at radius 1 is 1.41 bits per heavy atom. The van der Waals surface area contributed by atoms with Crippen LogP contribution in [0.4, 0.5) is 0 Å². The molecule has 0 saturated carbocycles. The number of carbonyl (C=O) groups excluding carboxylic acids is 2. The van der Waals surface area contributed by atoms with Crippen molar-refractivity contribution in [2.45, 2.75) is 37.1 Å². The molecule has 0 bridgehead atoms. The third kappa shape index (κ3) is 4.19. The maximum absolute atomic E-state index is 12.8. The summed E-state index contributed by atoms with van der Waals surface area (Å²) in [5.41, 5.74) is 0.577. The summed E-state index contributed by atoms with van der Waals surface area (Å²) < 4.78 is 7.20. The number of aromatic nitrogens is 2. The summed E-state index contributed by atoms with van der Waals surface area (Å²) in [6.07, 6.45) is 1.25. The summed E-state index contributed by atoms with van der Waals surface area (Å²) in [5.74, 6) is -0.294. The third-order valence-corrected chi connectivity index (χ3v) is 6.73. The van der Waals surface area contributed by atoms with E-state index in [1.54, 1.807) is 18.9 Å². The molecule has 0 aromatic carbocycles. The first-order valence-corrected chi connectivity index (χ1v) is 10.7. The average molecular weight is 410 g/mol. The summed E-state index contributed by atoms with van der Waals surface area (Å²) >= 11 is 2.67. The Kier molecular flexibility index (Phi) is 6.21. The molecule has 9 heteroatoms. The summed E-state index contributed by atoms with van der Waals surface area (Å²) in [6.45, 7) is 5.09. The third-order valence-electron chi connectivity index (χ3n) is 4.70. The SMILES string of the molecule is CCOC(=O)C1CCN(C(=O)C(C)Sc2nc3ccsc3c(=O)n2C)CC1. The number of esters is 1. The lowest BCUT2D eigenvalue weighted by Gasteiger charge is -2.32. The van der Waals surface area contributed by atoms with Gasteiger partial charge in [0.1, 0.15) is 4.70 Å². The average Bonchev–Trinajstić information content (AvgIpc) is 3.14. The van der Waals surface area contributed by atoms with Gasteiger partial charge in [0, 0.05) is 20.1 Å². The van der Waals surface area contributed by atoms with Crippen LogP contribution in [-0.4, -0.2) is 51.3 Å². The van der Waals surface area contributed by atoms with Crippen molar-refractivity contribution in [2.75, 3.05) is 19.7 Å². The highest BCUT2D eigenvalue weighted by Crippen LogP contribution is 2.26. The van der Waals surface area contributed by atoms with E-state index < -0.39 is 0 Å². The highest BCUT2D eigenvalue weighted by molar-refractivity contribution is 8.00. The fraction of sp³-hybridized carbons (Fsp3) is 0.556. The van der Waals surface area contributed by atoms with Crippen LogP contribution in [0.1, 0.15) is 26.7 Å². The minimum Gasteiger partial charge on any atom is -0.466 e. The molecule has 1 unspecified atom stereocenters. The van der Waals surface area contributed by atoms with Crippen molar-refractivity contribution in [1.29, 1.82) is 0 Å². The van der Waals surface area contributed by atoms with E-state index in [1.807, 2.05) is 18.4 Å². The molecule has 0 N–H and O–H groups in total. The van der Waals surface area contributed by atoms with E-state index in [-0.39, 0.29) is 28.6 Å². The van der Waals surface area contributed by atoms with Crippen molar-refractivity contribution in [3.63, 3.8) is 0 Å². The van der Waals surface area contributed by atoms with Crippen LogP contribution in [-0.2, 0) is 21.4 Å². The Bertz CT molecular complexity index is 900. The van der Waals surface area contributed by atoms with Gasteiger partial charge in [-0.25, -0.2) is 4.98 Å². The Balaban J connectivity index is 1.64. The van der Waals surface area contributed by atoms with Crippen LogP contribution in [0, 0.1) is 5.92 Å². The second kappa shape index (κ2) is 8.43. The maximum atomic E-state index is 12.8. The molecule has 7 nitrogen and oxygen atoms in total. The van der Waals surface area contributed by atoms with Gasteiger partial charge < -0.3 is 9.64 Å². The molecule has 0 aliphatic carbocycles. The van der Waals surface area contributed by atoms with Crippen LogP contribution < -0.4 is 5.56 Å². The van der Waals surface area contributed by atoms with E-state index in [0.29, 0.717) is 47.9 Å². The predicted octanol–water partition coefficient (Wildman–Crippen LogP) is 2.28. The Hall–Kier alpha value is -1.87. The molecule has 3 rings (SSSR count). The molecule has 1 fully saturated rings. The van der Waals surface area contributed by atoms with E-state index in [2.05, 4.69) is 4.98 Å². The number of likely N-dealkylation sites (tertiary alicyclic amines) is 1. The number of fused-ring (bicyclic) bond motifs is 1. The van der Waals surface area contributed by atoms with Gasteiger partial charge in [0.25, 0.3) is 5.56 Å². The number of nitrogens with zero attached hydrogens (tertiary/aromatic N) is 3. The zero-order valence-electron chi connectivity index (χ0n) is 15.6. The Morgan fingerprint density at radius 3 is 2.78 bits per heavy atom. The van der Waals surface area contributed by atoms with E-state index in [9.17, 15) is 14.4 Å². The first-order valence-electron chi connectivity index (χ1n) is 8.98. The second-order valence-corrected chi connectivity index (χ2v) is 8.73. The molecule has 0 spiro atoms. The fourth-order valence-corrected chi connectivity index (χ4v) is 4.90. The number of hydrogen-bond acceptors (Lipinski definition) is 7. The first kappa shape index (κ1) is 19.9. The number of carbonyl (C=O) groups is 2. The highest BCUT2D eigenvalue weighted by atomic mass is 32.2. The minimum atomic E-state index is -0.363. The molecule has 3 heterocycles. The quantitative estimate of drug-likeness (QED) is 0.428. The second-order valence-electron chi connectivity index (χ2n) is 6.51. The molecule has 27 heavy (non-hydrogen) atoms. The highest BCUT2D eigenvalue weighted by Gasteiger charge is 2.30. The molecule has 1 amide bonds. The van der Waals surface area contributed by atoms with Crippen LogP contribution in [0.2, 0.25) is 0 Å². The number of thiophene rings is 1. The van der Waals surface area contributed by atoms with Crippen LogP contribution in [0.15, 0.2) is 21.4 Å². The van der Waals surface area contributed by atoms with Crippen molar-refractivity contribution in [3.8, 4) is 0 Å². The monoisotopic (exact) mass is 409 g/mol. The van der Waals surface area contributed by atoms with Crippen LogP contribution in [0.5, 0.6) is 0 Å². The van der Waals surface area contributed by atoms with Gasteiger partial charge in [0.05, 0.1) is 23.3 Å². The lowest BCUT2D eigenvalue weighted by Crippen LogP contribution is -2.43. The van der Waals surface area contributed by atoms with E-state index in [1.165, 1.54) is 27.7 Å². The molecule has 2 aromatic heterocycles. The summed E-state index contributed by atoms with van der Waals surface area (Å²) in [5, 5.41) is 2.02. The van der Waals surface area contributed by atoms with E-state index in [4.69, 9.17) is 4.74 Å². The zero-order valence-corrected chi connectivity index (χ0v) is 17.3. The number of ether oxygens (including phenoxy) is 1. The molecule has 1 saturated heterocycles. The van der Waals surface area contributed by atoms with Gasteiger partial charge in [0.2, 0.25) is 5.91 Å². The van der Waals surface area contributed by atoms with Crippen molar-refractivity contribution in [1.82, 2.24) is 14.5 Å². The lowest BCUT2D eigenvalue weighted by atomic mass is 9.97. The number of rotatable bonds is 5. The Labute approximate surface area is 165 Å². The molecule has 1 atom stereocenters. The maximum Gasteiger partial charge on any atom is 0.309 e. The minimum absolute atomic E-state index is 0.00183. The fourth-order valence-electron chi connectivity index (χ4n) is 3.13.